The Labute approximate surface area is 190 Å². The SMILES string of the molecule is CCCOc1ccccc1SC(c1ccccc1)[C@@H]1CN(Cc2ccccc2)CCO1. The Morgan fingerprint density at radius 3 is 2.45 bits per heavy atom. The molecule has 0 bridgehead atoms. The number of rotatable bonds is 9. The molecule has 4 heteroatoms. The maximum atomic E-state index is 6.35. The van der Waals surface area contributed by atoms with E-state index in [1.807, 2.05) is 17.8 Å². The fourth-order valence-corrected chi connectivity index (χ4v) is 5.20. The van der Waals surface area contributed by atoms with Crippen LogP contribution in [0, 0.1) is 0 Å². The molecule has 1 saturated heterocycles. The summed E-state index contributed by atoms with van der Waals surface area (Å²) in [6.07, 6.45) is 1.12. The summed E-state index contributed by atoms with van der Waals surface area (Å²) in [5.41, 5.74) is 2.65. The molecule has 2 atom stereocenters. The molecule has 0 amide bonds. The van der Waals surface area contributed by atoms with E-state index in [-0.39, 0.29) is 11.4 Å². The zero-order valence-corrected chi connectivity index (χ0v) is 19.0. The Kier molecular flexibility index (Phi) is 8.05. The predicted molar refractivity (Wildman–Crippen MR) is 129 cm³/mol. The monoisotopic (exact) mass is 433 g/mol. The van der Waals surface area contributed by atoms with Gasteiger partial charge in [0.1, 0.15) is 5.75 Å². The van der Waals surface area contributed by atoms with Gasteiger partial charge >= 0.3 is 0 Å². The van der Waals surface area contributed by atoms with Crippen molar-refractivity contribution in [1.82, 2.24) is 4.90 Å². The van der Waals surface area contributed by atoms with Crippen LogP contribution in [0.5, 0.6) is 5.75 Å². The van der Waals surface area contributed by atoms with Crippen LogP contribution in [0.1, 0.15) is 29.7 Å². The molecule has 0 saturated carbocycles. The van der Waals surface area contributed by atoms with Crippen molar-refractivity contribution in [2.45, 2.75) is 36.1 Å². The lowest BCUT2D eigenvalue weighted by molar-refractivity contribution is -0.0319. The van der Waals surface area contributed by atoms with Crippen molar-refractivity contribution in [2.24, 2.45) is 0 Å². The Morgan fingerprint density at radius 1 is 0.968 bits per heavy atom. The smallest absolute Gasteiger partial charge is 0.132 e. The summed E-state index contributed by atoms with van der Waals surface area (Å²) >= 11 is 1.86. The van der Waals surface area contributed by atoms with Crippen molar-refractivity contribution in [2.75, 3.05) is 26.3 Å². The van der Waals surface area contributed by atoms with E-state index in [1.165, 1.54) is 16.0 Å². The average Bonchev–Trinajstić information content (AvgIpc) is 2.83. The van der Waals surface area contributed by atoms with Crippen molar-refractivity contribution >= 4 is 11.8 Å². The molecule has 1 aliphatic heterocycles. The summed E-state index contributed by atoms with van der Waals surface area (Å²) in [7, 11) is 0. The number of benzene rings is 3. The van der Waals surface area contributed by atoms with E-state index in [4.69, 9.17) is 9.47 Å². The Balaban J connectivity index is 1.54. The Bertz CT molecular complexity index is 919. The molecule has 31 heavy (non-hydrogen) atoms. The van der Waals surface area contributed by atoms with Crippen molar-refractivity contribution in [3.05, 3.63) is 96.1 Å². The molecule has 3 aromatic rings. The summed E-state index contributed by atoms with van der Waals surface area (Å²) < 4.78 is 12.4. The number of nitrogens with zero attached hydrogens (tertiary/aromatic N) is 1. The summed E-state index contributed by atoms with van der Waals surface area (Å²) in [6.45, 7) is 6.48. The van der Waals surface area contributed by atoms with Crippen LogP contribution in [0.2, 0.25) is 0 Å². The van der Waals surface area contributed by atoms with Crippen LogP contribution in [0.3, 0.4) is 0 Å². The second-order valence-corrected chi connectivity index (χ2v) is 9.06. The van der Waals surface area contributed by atoms with Crippen LogP contribution < -0.4 is 4.74 Å². The molecule has 0 aliphatic carbocycles. The summed E-state index contributed by atoms with van der Waals surface area (Å²) in [6, 6.07) is 29.8. The molecule has 4 rings (SSSR count). The molecule has 0 N–H and O–H groups in total. The van der Waals surface area contributed by atoms with Crippen LogP contribution in [-0.2, 0) is 11.3 Å². The highest BCUT2D eigenvalue weighted by Gasteiger charge is 2.31. The lowest BCUT2D eigenvalue weighted by Gasteiger charge is -2.37. The Hall–Kier alpha value is -2.27. The zero-order valence-electron chi connectivity index (χ0n) is 18.2. The van der Waals surface area contributed by atoms with Gasteiger partial charge in [0, 0.05) is 19.6 Å². The van der Waals surface area contributed by atoms with Crippen LogP contribution >= 0.6 is 11.8 Å². The molecular formula is C27H31NO2S. The van der Waals surface area contributed by atoms with E-state index < -0.39 is 0 Å². The number of thioether (sulfide) groups is 1. The number of morpholine rings is 1. The van der Waals surface area contributed by atoms with Gasteiger partial charge < -0.3 is 9.47 Å². The molecule has 0 radical (unpaired) electrons. The van der Waals surface area contributed by atoms with Crippen molar-refractivity contribution in [3.8, 4) is 5.75 Å². The minimum atomic E-state index is 0.115. The van der Waals surface area contributed by atoms with Gasteiger partial charge in [-0.1, -0.05) is 79.7 Å². The largest absolute Gasteiger partial charge is 0.492 e. The number of ether oxygens (including phenoxy) is 2. The highest BCUT2D eigenvalue weighted by molar-refractivity contribution is 7.99. The molecule has 1 aliphatic rings. The third-order valence-corrected chi connectivity index (χ3v) is 6.88. The van der Waals surface area contributed by atoms with E-state index in [0.29, 0.717) is 0 Å². The standard InChI is InChI=1S/C27H31NO2S/c1-2-18-29-24-15-9-10-16-26(24)31-27(23-13-7-4-8-14-23)25-21-28(17-19-30-25)20-22-11-5-3-6-12-22/h3-16,25,27H,2,17-21H2,1H3/t25-,27?/m0/s1. The van der Waals surface area contributed by atoms with Gasteiger partial charge in [-0.2, -0.15) is 0 Å². The predicted octanol–water partition coefficient (Wildman–Crippen LogP) is 6.21. The lowest BCUT2D eigenvalue weighted by Crippen LogP contribution is -2.44. The van der Waals surface area contributed by atoms with Gasteiger partial charge in [-0.05, 0) is 29.7 Å². The molecule has 1 fully saturated rings. The van der Waals surface area contributed by atoms with Crippen molar-refractivity contribution < 1.29 is 9.47 Å². The molecule has 1 heterocycles. The van der Waals surface area contributed by atoms with Gasteiger partial charge in [-0.15, -0.1) is 11.8 Å². The van der Waals surface area contributed by atoms with Gasteiger partial charge in [0.25, 0.3) is 0 Å². The van der Waals surface area contributed by atoms with Gasteiger partial charge in [-0.25, -0.2) is 0 Å². The first-order valence-electron chi connectivity index (χ1n) is 11.1. The maximum absolute atomic E-state index is 6.35. The quantitative estimate of drug-likeness (QED) is 0.374. The third kappa shape index (κ3) is 6.13. The van der Waals surface area contributed by atoms with Crippen molar-refractivity contribution in [3.63, 3.8) is 0 Å². The van der Waals surface area contributed by atoms with E-state index in [2.05, 4.69) is 90.7 Å². The van der Waals surface area contributed by atoms with E-state index in [1.54, 1.807) is 0 Å². The first kappa shape index (κ1) is 21.9. The first-order chi connectivity index (χ1) is 15.3. The van der Waals surface area contributed by atoms with Gasteiger partial charge in [-0.3, -0.25) is 4.90 Å². The lowest BCUT2D eigenvalue weighted by atomic mass is 10.1. The molecule has 3 aromatic carbocycles. The number of hydrogen-bond donors (Lipinski definition) is 0. The summed E-state index contributed by atoms with van der Waals surface area (Å²) in [4.78, 5) is 3.69. The molecule has 0 spiro atoms. The molecule has 0 aromatic heterocycles. The van der Waals surface area contributed by atoms with Crippen molar-refractivity contribution in [1.29, 1.82) is 0 Å². The summed E-state index contributed by atoms with van der Waals surface area (Å²) in [5, 5.41) is 0.200. The third-order valence-electron chi connectivity index (χ3n) is 5.46. The van der Waals surface area contributed by atoms with E-state index in [9.17, 15) is 0 Å². The Morgan fingerprint density at radius 2 is 1.68 bits per heavy atom. The highest BCUT2D eigenvalue weighted by atomic mass is 32.2. The topological polar surface area (TPSA) is 21.7 Å². The zero-order chi connectivity index (χ0) is 21.3. The second-order valence-electron chi connectivity index (χ2n) is 7.87. The van der Waals surface area contributed by atoms with E-state index in [0.717, 1.165) is 45.0 Å². The van der Waals surface area contributed by atoms with Crippen LogP contribution in [-0.4, -0.2) is 37.3 Å². The van der Waals surface area contributed by atoms with Crippen LogP contribution in [0.25, 0.3) is 0 Å². The van der Waals surface area contributed by atoms with Crippen LogP contribution in [0.15, 0.2) is 89.8 Å². The molecule has 1 unspecified atom stereocenters. The molecular weight excluding hydrogens is 402 g/mol. The minimum absolute atomic E-state index is 0.115. The fraction of sp³-hybridized carbons (Fsp3) is 0.333. The summed E-state index contributed by atoms with van der Waals surface area (Å²) in [5.74, 6) is 0.965. The average molecular weight is 434 g/mol. The second kappa shape index (κ2) is 11.4. The molecule has 3 nitrogen and oxygen atoms in total. The molecule has 162 valence electrons. The van der Waals surface area contributed by atoms with E-state index >= 15 is 0 Å². The highest BCUT2D eigenvalue weighted by Crippen LogP contribution is 2.43. The van der Waals surface area contributed by atoms with Gasteiger partial charge in [0.2, 0.25) is 0 Å². The first-order valence-corrected chi connectivity index (χ1v) is 12.0. The van der Waals surface area contributed by atoms with Crippen LogP contribution in [0.4, 0.5) is 0 Å². The maximum Gasteiger partial charge on any atom is 0.132 e. The minimum Gasteiger partial charge on any atom is -0.492 e. The van der Waals surface area contributed by atoms with Gasteiger partial charge in [0.05, 0.1) is 29.5 Å². The number of hydrogen-bond acceptors (Lipinski definition) is 4. The fourth-order valence-electron chi connectivity index (χ4n) is 3.92. The number of para-hydroxylation sites is 1. The van der Waals surface area contributed by atoms with Gasteiger partial charge in [0.15, 0.2) is 0 Å². The normalized spacial score (nSPS) is 17.9.